The van der Waals surface area contributed by atoms with Crippen LogP contribution >= 0.6 is 23.2 Å². The molecule has 1 saturated heterocycles. The Morgan fingerprint density at radius 1 is 1.47 bits per heavy atom. The van der Waals surface area contributed by atoms with Crippen molar-refractivity contribution in [2.24, 2.45) is 0 Å². The third-order valence-corrected chi connectivity index (χ3v) is 3.61. The number of nitrogens with one attached hydrogen (secondary N) is 1. The first-order chi connectivity index (χ1) is 8.22. The zero-order valence-electron chi connectivity index (χ0n) is 9.92. The van der Waals surface area contributed by atoms with Crippen molar-refractivity contribution >= 4 is 29.0 Å². The van der Waals surface area contributed by atoms with Gasteiger partial charge in [-0.25, -0.2) is 4.98 Å². The Morgan fingerprint density at radius 2 is 2.29 bits per heavy atom. The lowest BCUT2D eigenvalue weighted by Crippen LogP contribution is -2.45. The van der Waals surface area contributed by atoms with Crippen LogP contribution in [0.4, 0.5) is 5.82 Å². The van der Waals surface area contributed by atoms with Gasteiger partial charge < -0.3 is 10.2 Å². The lowest BCUT2D eigenvalue weighted by atomic mass is 10.0. The molecule has 1 aliphatic heterocycles. The molecule has 94 valence electrons. The van der Waals surface area contributed by atoms with E-state index in [0.29, 0.717) is 16.1 Å². The highest BCUT2D eigenvalue weighted by atomic mass is 35.5. The van der Waals surface area contributed by atoms with Crippen molar-refractivity contribution in [3.05, 3.63) is 22.3 Å². The summed E-state index contributed by atoms with van der Waals surface area (Å²) < 4.78 is 0. The second-order valence-electron chi connectivity index (χ2n) is 4.36. The van der Waals surface area contributed by atoms with Crippen molar-refractivity contribution in [3.63, 3.8) is 0 Å². The zero-order valence-corrected chi connectivity index (χ0v) is 11.4. The van der Waals surface area contributed by atoms with E-state index in [9.17, 15) is 0 Å². The Morgan fingerprint density at radius 3 is 3.00 bits per heavy atom. The van der Waals surface area contributed by atoms with Crippen LogP contribution in [0.3, 0.4) is 0 Å². The summed E-state index contributed by atoms with van der Waals surface area (Å²) in [5.74, 6) is 0.857. The van der Waals surface area contributed by atoms with E-state index < -0.39 is 0 Å². The first kappa shape index (κ1) is 12.9. The molecular weight excluding hydrogens is 257 g/mol. The predicted molar refractivity (Wildman–Crippen MR) is 73.2 cm³/mol. The SMILES string of the molecule is CNCC1CCCCN1c1ncc(Cl)cc1Cl. The van der Waals surface area contributed by atoms with E-state index in [1.165, 1.54) is 19.3 Å². The molecule has 1 N–H and O–H groups in total. The van der Waals surface area contributed by atoms with Gasteiger partial charge in [-0.05, 0) is 32.4 Å². The summed E-state index contributed by atoms with van der Waals surface area (Å²) in [5, 5.41) is 4.45. The van der Waals surface area contributed by atoms with Gasteiger partial charge in [-0.1, -0.05) is 23.2 Å². The molecule has 0 saturated carbocycles. The molecule has 1 aromatic rings. The lowest BCUT2D eigenvalue weighted by molar-refractivity contribution is 0.443. The van der Waals surface area contributed by atoms with Crippen LogP contribution in [0, 0.1) is 0 Å². The molecule has 0 aromatic carbocycles. The highest BCUT2D eigenvalue weighted by Gasteiger charge is 2.24. The second-order valence-corrected chi connectivity index (χ2v) is 5.20. The number of hydrogen-bond acceptors (Lipinski definition) is 3. The number of nitrogens with zero attached hydrogens (tertiary/aromatic N) is 2. The Bertz CT molecular complexity index is 382. The molecular formula is C12H17Cl2N3. The average molecular weight is 274 g/mol. The molecule has 1 atom stereocenters. The number of anilines is 1. The van der Waals surface area contributed by atoms with Crippen molar-refractivity contribution in [2.45, 2.75) is 25.3 Å². The molecule has 1 fully saturated rings. The number of likely N-dealkylation sites (N-methyl/N-ethyl adjacent to an activating group) is 1. The van der Waals surface area contributed by atoms with Gasteiger partial charge in [0.15, 0.2) is 0 Å². The fourth-order valence-corrected chi connectivity index (χ4v) is 2.83. The van der Waals surface area contributed by atoms with E-state index in [2.05, 4.69) is 15.2 Å². The highest BCUT2D eigenvalue weighted by molar-refractivity contribution is 6.36. The minimum absolute atomic E-state index is 0.472. The van der Waals surface area contributed by atoms with Crippen molar-refractivity contribution in [1.82, 2.24) is 10.3 Å². The number of halogens is 2. The van der Waals surface area contributed by atoms with Crippen LogP contribution in [0.5, 0.6) is 0 Å². The van der Waals surface area contributed by atoms with Crippen LogP contribution in [0.15, 0.2) is 12.3 Å². The quantitative estimate of drug-likeness (QED) is 0.918. The fourth-order valence-electron chi connectivity index (χ4n) is 2.35. The van der Waals surface area contributed by atoms with E-state index in [4.69, 9.17) is 23.2 Å². The molecule has 0 amide bonds. The lowest BCUT2D eigenvalue weighted by Gasteiger charge is -2.37. The van der Waals surface area contributed by atoms with Crippen molar-refractivity contribution in [2.75, 3.05) is 25.0 Å². The maximum Gasteiger partial charge on any atom is 0.147 e. The number of rotatable bonds is 3. The molecule has 3 nitrogen and oxygen atoms in total. The minimum atomic E-state index is 0.472. The van der Waals surface area contributed by atoms with Crippen LogP contribution in [0.2, 0.25) is 10.0 Å². The maximum absolute atomic E-state index is 6.22. The first-order valence-corrected chi connectivity index (χ1v) is 6.70. The van der Waals surface area contributed by atoms with Gasteiger partial charge >= 0.3 is 0 Å². The van der Waals surface area contributed by atoms with Gasteiger partial charge in [0.2, 0.25) is 0 Å². The smallest absolute Gasteiger partial charge is 0.147 e. The molecule has 0 radical (unpaired) electrons. The van der Waals surface area contributed by atoms with Crippen LogP contribution in [0.25, 0.3) is 0 Å². The normalized spacial score (nSPS) is 20.6. The molecule has 0 spiro atoms. The summed E-state index contributed by atoms with van der Waals surface area (Å²) >= 11 is 12.1. The van der Waals surface area contributed by atoms with Crippen molar-refractivity contribution in [1.29, 1.82) is 0 Å². The largest absolute Gasteiger partial charge is 0.351 e. The average Bonchev–Trinajstić information content (AvgIpc) is 2.31. The Labute approximate surface area is 112 Å². The van der Waals surface area contributed by atoms with Gasteiger partial charge in [-0.2, -0.15) is 0 Å². The first-order valence-electron chi connectivity index (χ1n) is 5.94. The Balaban J connectivity index is 2.23. The predicted octanol–water partition coefficient (Wildman–Crippen LogP) is 2.97. The van der Waals surface area contributed by atoms with Gasteiger partial charge in [0, 0.05) is 25.3 Å². The van der Waals surface area contributed by atoms with Gasteiger partial charge in [0.25, 0.3) is 0 Å². The molecule has 1 unspecified atom stereocenters. The molecule has 5 heteroatoms. The molecule has 2 rings (SSSR count). The number of piperidine rings is 1. The number of aromatic nitrogens is 1. The number of hydrogen-bond donors (Lipinski definition) is 1. The summed E-state index contributed by atoms with van der Waals surface area (Å²) in [7, 11) is 1.98. The molecule has 2 heterocycles. The van der Waals surface area contributed by atoms with Crippen LogP contribution in [0.1, 0.15) is 19.3 Å². The molecule has 1 aliphatic rings. The molecule has 0 aliphatic carbocycles. The number of pyridine rings is 1. The summed E-state index contributed by atoms with van der Waals surface area (Å²) in [6.45, 7) is 1.97. The fraction of sp³-hybridized carbons (Fsp3) is 0.583. The monoisotopic (exact) mass is 273 g/mol. The van der Waals surface area contributed by atoms with Gasteiger partial charge in [-0.3, -0.25) is 0 Å². The summed E-state index contributed by atoms with van der Waals surface area (Å²) in [5.41, 5.74) is 0. The van der Waals surface area contributed by atoms with Crippen LogP contribution < -0.4 is 10.2 Å². The van der Waals surface area contributed by atoms with E-state index >= 15 is 0 Å². The topological polar surface area (TPSA) is 28.2 Å². The molecule has 1 aromatic heterocycles. The third kappa shape index (κ3) is 3.03. The second kappa shape index (κ2) is 5.89. The maximum atomic E-state index is 6.22. The zero-order chi connectivity index (χ0) is 12.3. The van der Waals surface area contributed by atoms with E-state index in [1.54, 1.807) is 12.3 Å². The Kier molecular flexibility index (Phi) is 4.48. The van der Waals surface area contributed by atoms with Gasteiger partial charge in [0.05, 0.1) is 10.0 Å². The van der Waals surface area contributed by atoms with Gasteiger partial charge in [0.1, 0.15) is 5.82 Å². The van der Waals surface area contributed by atoms with E-state index in [-0.39, 0.29) is 0 Å². The third-order valence-electron chi connectivity index (χ3n) is 3.13. The summed E-state index contributed by atoms with van der Waals surface area (Å²) in [6.07, 6.45) is 5.31. The molecule has 0 bridgehead atoms. The van der Waals surface area contributed by atoms with Crippen molar-refractivity contribution in [3.8, 4) is 0 Å². The van der Waals surface area contributed by atoms with Crippen molar-refractivity contribution < 1.29 is 0 Å². The highest BCUT2D eigenvalue weighted by Crippen LogP contribution is 2.30. The van der Waals surface area contributed by atoms with Crippen LogP contribution in [-0.2, 0) is 0 Å². The standard InChI is InChI=1S/C12H17Cl2N3/c1-15-8-10-4-2-3-5-17(10)12-11(14)6-9(13)7-16-12/h6-7,10,15H,2-5,8H2,1H3. The summed E-state index contributed by atoms with van der Waals surface area (Å²) in [6, 6.07) is 2.23. The van der Waals surface area contributed by atoms with E-state index in [1.807, 2.05) is 7.05 Å². The van der Waals surface area contributed by atoms with E-state index in [0.717, 1.165) is 18.9 Å². The Hall–Kier alpha value is -0.510. The van der Waals surface area contributed by atoms with Crippen LogP contribution in [-0.4, -0.2) is 31.2 Å². The van der Waals surface area contributed by atoms with Gasteiger partial charge in [-0.15, -0.1) is 0 Å². The minimum Gasteiger partial charge on any atom is -0.351 e. The summed E-state index contributed by atoms with van der Waals surface area (Å²) in [4.78, 5) is 6.66. The molecule has 17 heavy (non-hydrogen) atoms.